The Labute approximate surface area is 214 Å². The van der Waals surface area contributed by atoms with Gasteiger partial charge < -0.3 is 19.7 Å². The average Bonchev–Trinajstić information content (AvgIpc) is 3.34. The van der Waals surface area contributed by atoms with Gasteiger partial charge in [0.1, 0.15) is 17.3 Å². The number of hydrogen-bond acceptors (Lipinski definition) is 4. The molecular weight excluding hydrogens is 471 g/mol. The number of fused-ring (bicyclic) bond motifs is 1. The molecule has 4 aromatic rings. The van der Waals surface area contributed by atoms with Gasteiger partial charge in [-0.05, 0) is 68.3 Å². The molecule has 5 rings (SSSR count). The third-order valence-electron chi connectivity index (χ3n) is 6.77. The zero-order valence-corrected chi connectivity index (χ0v) is 20.8. The summed E-state index contributed by atoms with van der Waals surface area (Å²) in [5, 5.41) is 12.3. The van der Waals surface area contributed by atoms with Gasteiger partial charge in [-0.25, -0.2) is 4.39 Å². The summed E-state index contributed by atoms with van der Waals surface area (Å²) in [6.07, 6.45) is 0. The molecule has 1 fully saturated rings. The molecular formula is C30H27FN2O4. The smallest absolute Gasteiger partial charge is 0.295 e. The molecule has 1 atom stereocenters. The first kappa shape index (κ1) is 24.3. The average molecular weight is 499 g/mol. The van der Waals surface area contributed by atoms with Crippen LogP contribution >= 0.6 is 0 Å². The van der Waals surface area contributed by atoms with E-state index in [2.05, 4.69) is 4.98 Å². The molecule has 1 aromatic heterocycles. The van der Waals surface area contributed by atoms with E-state index in [1.165, 1.54) is 17.0 Å². The van der Waals surface area contributed by atoms with Gasteiger partial charge in [0.05, 0.1) is 18.2 Å². The number of carbonyl (C=O) groups excluding carboxylic acids is 2. The maximum atomic E-state index is 13.5. The summed E-state index contributed by atoms with van der Waals surface area (Å²) >= 11 is 0. The molecule has 0 bridgehead atoms. The van der Waals surface area contributed by atoms with E-state index in [1.54, 1.807) is 30.3 Å². The lowest BCUT2D eigenvalue weighted by Gasteiger charge is -2.26. The van der Waals surface area contributed by atoms with Crippen LogP contribution in [0.5, 0.6) is 5.75 Å². The molecule has 1 saturated heterocycles. The molecule has 6 nitrogen and oxygen atoms in total. The SMILES string of the molecule is CCOc1ccc(/C(O)=C2\C(=O)C(=O)N(Cc3ccc(F)cc3)C2c2c(C)[nH]c3ccccc23)cc1C. The number of aromatic nitrogens is 1. The normalized spacial score (nSPS) is 17.1. The summed E-state index contributed by atoms with van der Waals surface area (Å²) in [7, 11) is 0. The number of aliphatic hydroxyl groups excluding tert-OH is 1. The molecule has 1 amide bonds. The van der Waals surface area contributed by atoms with Crippen LogP contribution in [0.25, 0.3) is 16.7 Å². The standard InChI is InChI=1S/C30H27FN2O4/c1-4-37-24-14-11-20(15-17(24)2)28(34)26-27(25-18(3)32-23-8-6-5-7-22(23)25)33(30(36)29(26)35)16-19-9-12-21(31)13-10-19/h5-15,27,32,34H,4,16H2,1-3H3/b28-26+. The molecule has 1 aliphatic rings. The number of benzene rings is 3. The summed E-state index contributed by atoms with van der Waals surface area (Å²) < 4.78 is 19.2. The molecule has 2 N–H and O–H groups in total. The van der Waals surface area contributed by atoms with E-state index in [9.17, 15) is 19.1 Å². The highest BCUT2D eigenvalue weighted by atomic mass is 19.1. The number of nitrogens with zero attached hydrogens (tertiary/aromatic N) is 1. The first-order chi connectivity index (χ1) is 17.8. The summed E-state index contributed by atoms with van der Waals surface area (Å²) in [5.74, 6) is -1.44. The lowest BCUT2D eigenvalue weighted by atomic mass is 9.93. The molecule has 1 aliphatic heterocycles. The fraction of sp³-hybridized carbons (Fsp3) is 0.200. The number of aryl methyl sites for hydroxylation is 2. The third kappa shape index (κ3) is 4.27. The number of H-pyrrole nitrogens is 1. The van der Waals surface area contributed by atoms with Crippen LogP contribution in [0.4, 0.5) is 4.39 Å². The molecule has 0 radical (unpaired) electrons. The minimum absolute atomic E-state index is 0.0172. The van der Waals surface area contributed by atoms with Gasteiger partial charge in [0, 0.05) is 34.3 Å². The zero-order chi connectivity index (χ0) is 26.3. The molecule has 7 heteroatoms. The molecule has 2 heterocycles. The number of aliphatic hydroxyl groups is 1. The predicted octanol–water partition coefficient (Wildman–Crippen LogP) is 5.94. The number of aromatic amines is 1. The Bertz CT molecular complexity index is 1550. The van der Waals surface area contributed by atoms with Crippen molar-refractivity contribution in [3.63, 3.8) is 0 Å². The zero-order valence-electron chi connectivity index (χ0n) is 20.8. The van der Waals surface area contributed by atoms with Gasteiger partial charge in [-0.3, -0.25) is 9.59 Å². The fourth-order valence-electron chi connectivity index (χ4n) is 5.05. The van der Waals surface area contributed by atoms with E-state index in [1.807, 2.05) is 45.0 Å². The molecule has 0 aliphatic carbocycles. The highest BCUT2D eigenvalue weighted by Gasteiger charge is 2.47. The van der Waals surface area contributed by atoms with Crippen LogP contribution in [0.1, 0.15) is 40.9 Å². The van der Waals surface area contributed by atoms with E-state index < -0.39 is 17.7 Å². The number of ether oxygens (including phenoxy) is 1. The number of halogens is 1. The van der Waals surface area contributed by atoms with Crippen LogP contribution in [-0.2, 0) is 16.1 Å². The number of nitrogens with one attached hydrogen (secondary N) is 1. The van der Waals surface area contributed by atoms with Crippen LogP contribution in [0.15, 0.2) is 72.3 Å². The first-order valence-corrected chi connectivity index (χ1v) is 12.1. The second kappa shape index (κ2) is 9.58. The van der Waals surface area contributed by atoms with Crippen LogP contribution in [0.3, 0.4) is 0 Å². The van der Waals surface area contributed by atoms with Crippen LogP contribution in [-0.4, -0.2) is 33.3 Å². The molecule has 37 heavy (non-hydrogen) atoms. The minimum Gasteiger partial charge on any atom is -0.507 e. The predicted molar refractivity (Wildman–Crippen MR) is 140 cm³/mol. The Morgan fingerprint density at radius 1 is 1.05 bits per heavy atom. The number of Topliss-reactive ketones (excluding diaryl/α,β-unsaturated/α-hetero) is 1. The van der Waals surface area contributed by atoms with Gasteiger partial charge >= 0.3 is 0 Å². The Kier molecular flexibility index (Phi) is 6.29. The van der Waals surface area contributed by atoms with Gasteiger partial charge in [-0.1, -0.05) is 30.3 Å². The number of para-hydroxylation sites is 1. The highest BCUT2D eigenvalue weighted by molar-refractivity contribution is 6.46. The van der Waals surface area contributed by atoms with Crippen molar-refractivity contribution in [1.29, 1.82) is 0 Å². The van der Waals surface area contributed by atoms with Crippen LogP contribution < -0.4 is 4.74 Å². The summed E-state index contributed by atoms with van der Waals surface area (Å²) in [4.78, 5) is 31.7. The van der Waals surface area contributed by atoms with Gasteiger partial charge in [0.15, 0.2) is 0 Å². The van der Waals surface area contributed by atoms with Crippen molar-refractivity contribution < 1.29 is 23.8 Å². The summed E-state index contributed by atoms with van der Waals surface area (Å²) in [6.45, 7) is 6.21. The molecule has 188 valence electrons. The quantitative estimate of drug-likeness (QED) is 0.196. The molecule has 3 aromatic carbocycles. The topological polar surface area (TPSA) is 82.6 Å². The van der Waals surface area contributed by atoms with Crippen LogP contribution in [0.2, 0.25) is 0 Å². The second-order valence-corrected chi connectivity index (χ2v) is 9.18. The number of rotatable bonds is 6. The Balaban J connectivity index is 1.71. The molecule has 0 saturated carbocycles. The van der Waals surface area contributed by atoms with E-state index in [-0.39, 0.29) is 23.7 Å². The molecule has 0 spiro atoms. The lowest BCUT2D eigenvalue weighted by molar-refractivity contribution is -0.140. The van der Waals surface area contributed by atoms with E-state index >= 15 is 0 Å². The highest BCUT2D eigenvalue weighted by Crippen LogP contribution is 2.44. The van der Waals surface area contributed by atoms with Crippen molar-refractivity contribution >= 4 is 28.4 Å². The summed E-state index contributed by atoms with van der Waals surface area (Å²) in [6, 6.07) is 17.8. The molecule has 1 unspecified atom stereocenters. The second-order valence-electron chi connectivity index (χ2n) is 9.18. The number of carbonyl (C=O) groups is 2. The van der Waals surface area contributed by atoms with Crippen molar-refractivity contribution in [2.45, 2.75) is 33.4 Å². The van der Waals surface area contributed by atoms with Gasteiger partial charge in [-0.2, -0.15) is 0 Å². The number of ketones is 1. The third-order valence-corrected chi connectivity index (χ3v) is 6.77. The summed E-state index contributed by atoms with van der Waals surface area (Å²) in [5.41, 5.74) is 4.28. The maximum Gasteiger partial charge on any atom is 0.295 e. The van der Waals surface area contributed by atoms with Crippen molar-refractivity contribution in [2.24, 2.45) is 0 Å². The monoisotopic (exact) mass is 498 g/mol. The Hall–Kier alpha value is -4.39. The first-order valence-electron chi connectivity index (χ1n) is 12.1. The van der Waals surface area contributed by atoms with Crippen LogP contribution in [0, 0.1) is 19.7 Å². The number of hydrogen-bond donors (Lipinski definition) is 2. The van der Waals surface area contributed by atoms with E-state index in [0.717, 1.165) is 27.7 Å². The Morgan fingerprint density at radius 2 is 1.78 bits per heavy atom. The largest absolute Gasteiger partial charge is 0.507 e. The Morgan fingerprint density at radius 3 is 2.49 bits per heavy atom. The van der Waals surface area contributed by atoms with Crippen molar-refractivity contribution in [3.8, 4) is 5.75 Å². The van der Waals surface area contributed by atoms with Crippen molar-refractivity contribution in [2.75, 3.05) is 6.61 Å². The minimum atomic E-state index is -0.840. The van der Waals surface area contributed by atoms with Gasteiger partial charge in [-0.15, -0.1) is 0 Å². The number of amides is 1. The fourth-order valence-corrected chi connectivity index (χ4v) is 5.05. The van der Waals surface area contributed by atoms with E-state index in [4.69, 9.17) is 4.74 Å². The van der Waals surface area contributed by atoms with Crippen molar-refractivity contribution in [3.05, 3.63) is 106 Å². The maximum absolute atomic E-state index is 13.5. The van der Waals surface area contributed by atoms with Crippen molar-refractivity contribution in [1.82, 2.24) is 9.88 Å². The van der Waals surface area contributed by atoms with Gasteiger partial charge in [0.25, 0.3) is 11.7 Å². The lowest BCUT2D eigenvalue weighted by Crippen LogP contribution is -2.29. The van der Waals surface area contributed by atoms with Gasteiger partial charge in [0.2, 0.25) is 0 Å². The van der Waals surface area contributed by atoms with E-state index in [0.29, 0.717) is 23.5 Å². The number of likely N-dealkylation sites (tertiary alicyclic amines) is 1.